The molecule has 2 unspecified atom stereocenters. The van der Waals surface area contributed by atoms with E-state index >= 15 is 0 Å². The molecular weight excluding hydrogens is 404 g/mol. The van der Waals surface area contributed by atoms with E-state index in [0.717, 1.165) is 39.8 Å². The molecule has 2 aliphatic heterocycles. The highest BCUT2D eigenvalue weighted by atomic mass is 16.7. The third-order valence-corrected chi connectivity index (χ3v) is 6.83. The van der Waals surface area contributed by atoms with Crippen LogP contribution in [0.3, 0.4) is 0 Å². The zero-order valence-corrected chi connectivity index (χ0v) is 17.7. The predicted octanol–water partition coefficient (Wildman–Crippen LogP) is 3.66. The van der Waals surface area contributed by atoms with Crippen molar-refractivity contribution in [1.82, 2.24) is 9.80 Å². The molecule has 0 aromatic heterocycles. The summed E-state index contributed by atoms with van der Waals surface area (Å²) in [6.45, 7) is 2.55. The maximum Gasteiger partial charge on any atom is 0.254 e. The van der Waals surface area contributed by atoms with Gasteiger partial charge in [0, 0.05) is 37.7 Å². The van der Waals surface area contributed by atoms with Gasteiger partial charge in [-0.15, -0.1) is 0 Å². The third kappa shape index (κ3) is 3.27. The largest absolute Gasteiger partial charge is 0.454 e. The molecule has 0 N–H and O–H groups in total. The first-order chi connectivity index (χ1) is 15.7. The first-order valence-corrected chi connectivity index (χ1v) is 11.1. The molecule has 0 spiro atoms. The summed E-state index contributed by atoms with van der Waals surface area (Å²) in [6, 6.07) is 19.8. The summed E-state index contributed by atoms with van der Waals surface area (Å²) in [6.07, 6.45) is 0.869. The molecule has 3 aromatic rings. The van der Waals surface area contributed by atoms with Crippen LogP contribution in [0, 0.1) is 5.92 Å². The van der Waals surface area contributed by atoms with Gasteiger partial charge in [-0.25, -0.2) is 0 Å². The zero-order chi connectivity index (χ0) is 21.7. The number of carbonyl (C=O) groups excluding carboxylic acids is 2. The van der Waals surface area contributed by atoms with Crippen molar-refractivity contribution in [3.8, 4) is 11.5 Å². The first-order valence-electron chi connectivity index (χ1n) is 11.1. The lowest BCUT2D eigenvalue weighted by molar-refractivity contribution is -0.134. The number of hydrogen-bond donors (Lipinski definition) is 0. The summed E-state index contributed by atoms with van der Waals surface area (Å²) in [4.78, 5) is 30.0. The van der Waals surface area contributed by atoms with Gasteiger partial charge in [-0.2, -0.15) is 0 Å². The molecule has 2 amide bonds. The average Bonchev–Trinajstić information content (AvgIpc) is 3.51. The number of hydrogen-bond acceptors (Lipinski definition) is 4. The molecule has 3 aromatic carbocycles. The van der Waals surface area contributed by atoms with Gasteiger partial charge in [-0.3, -0.25) is 9.59 Å². The summed E-state index contributed by atoms with van der Waals surface area (Å²) in [5.74, 6) is 2.04. The smallest absolute Gasteiger partial charge is 0.254 e. The SMILES string of the molecule is O=C(c1cccc2ccccc12)N1CCN(C(=O)C2CC2c2ccc3c(c2)OCO3)CC1. The fourth-order valence-corrected chi connectivity index (χ4v) is 4.93. The molecule has 1 aliphatic carbocycles. The van der Waals surface area contributed by atoms with E-state index in [2.05, 4.69) is 0 Å². The summed E-state index contributed by atoms with van der Waals surface area (Å²) in [5.41, 5.74) is 1.87. The summed E-state index contributed by atoms with van der Waals surface area (Å²) in [5, 5.41) is 2.04. The van der Waals surface area contributed by atoms with Crippen LogP contribution < -0.4 is 9.47 Å². The minimum Gasteiger partial charge on any atom is -0.454 e. The Labute approximate surface area is 186 Å². The van der Waals surface area contributed by atoms with Crippen LogP contribution in [-0.2, 0) is 4.79 Å². The highest BCUT2D eigenvalue weighted by Crippen LogP contribution is 2.50. The fourth-order valence-electron chi connectivity index (χ4n) is 4.93. The van der Waals surface area contributed by atoms with E-state index in [1.54, 1.807) is 0 Å². The van der Waals surface area contributed by atoms with E-state index in [1.165, 1.54) is 0 Å². The highest BCUT2D eigenvalue weighted by molar-refractivity contribution is 6.07. The summed E-state index contributed by atoms with van der Waals surface area (Å²) >= 11 is 0. The van der Waals surface area contributed by atoms with E-state index in [9.17, 15) is 9.59 Å². The Kier molecular flexibility index (Phi) is 4.52. The second-order valence-corrected chi connectivity index (χ2v) is 8.71. The van der Waals surface area contributed by atoms with Crippen LogP contribution in [0.4, 0.5) is 0 Å². The van der Waals surface area contributed by atoms with Gasteiger partial charge in [0.05, 0.1) is 0 Å². The highest BCUT2D eigenvalue weighted by Gasteiger charge is 2.46. The second kappa shape index (κ2) is 7.55. The quantitative estimate of drug-likeness (QED) is 0.639. The van der Waals surface area contributed by atoms with Gasteiger partial charge in [-0.05, 0) is 46.9 Å². The lowest BCUT2D eigenvalue weighted by Gasteiger charge is -2.35. The number of carbonyl (C=O) groups is 2. The van der Waals surface area contributed by atoms with Crippen LogP contribution in [0.25, 0.3) is 10.8 Å². The molecule has 6 nitrogen and oxygen atoms in total. The Bertz CT molecular complexity index is 1210. The number of benzene rings is 3. The van der Waals surface area contributed by atoms with Crippen LogP contribution >= 0.6 is 0 Å². The molecule has 2 fully saturated rings. The lowest BCUT2D eigenvalue weighted by atomic mass is 10.0. The molecule has 6 heteroatoms. The number of rotatable bonds is 3. The second-order valence-electron chi connectivity index (χ2n) is 8.71. The molecule has 1 saturated heterocycles. The van der Waals surface area contributed by atoms with Crippen LogP contribution in [0.15, 0.2) is 60.7 Å². The molecule has 0 radical (unpaired) electrons. The van der Waals surface area contributed by atoms with Crippen LogP contribution in [0.5, 0.6) is 11.5 Å². The van der Waals surface area contributed by atoms with E-state index in [0.29, 0.717) is 26.2 Å². The Morgan fingerprint density at radius 1 is 0.812 bits per heavy atom. The molecule has 0 bridgehead atoms. The molecule has 32 heavy (non-hydrogen) atoms. The third-order valence-electron chi connectivity index (χ3n) is 6.83. The number of ether oxygens (including phenoxy) is 2. The summed E-state index contributed by atoms with van der Waals surface area (Å²) in [7, 11) is 0. The predicted molar refractivity (Wildman–Crippen MR) is 120 cm³/mol. The monoisotopic (exact) mass is 428 g/mol. The van der Waals surface area contributed by atoms with E-state index < -0.39 is 0 Å². The van der Waals surface area contributed by atoms with Crippen molar-refractivity contribution in [2.45, 2.75) is 12.3 Å². The van der Waals surface area contributed by atoms with Crippen molar-refractivity contribution < 1.29 is 19.1 Å². The van der Waals surface area contributed by atoms with Crippen molar-refractivity contribution in [1.29, 1.82) is 0 Å². The minimum atomic E-state index is 0.0238. The minimum absolute atomic E-state index is 0.0238. The van der Waals surface area contributed by atoms with Crippen LogP contribution in [0.1, 0.15) is 28.3 Å². The van der Waals surface area contributed by atoms with E-state index in [1.807, 2.05) is 70.5 Å². The lowest BCUT2D eigenvalue weighted by Crippen LogP contribution is -2.51. The Morgan fingerprint density at radius 2 is 1.56 bits per heavy atom. The van der Waals surface area contributed by atoms with Crippen LogP contribution in [0.2, 0.25) is 0 Å². The van der Waals surface area contributed by atoms with Gasteiger partial charge in [0.1, 0.15) is 0 Å². The molecule has 6 rings (SSSR count). The number of amides is 2. The Hall–Kier alpha value is -3.54. The number of piperazine rings is 1. The number of nitrogens with zero attached hydrogens (tertiary/aromatic N) is 2. The van der Waals surface area contributed by atoms with Gasteiger partial charge < -0.3 is 19.3 Å². The summed E-state index contributed by atoms with van der Waals surface area (Å²) < 4.78 is 10.8. The average molecular weight is 428 g/mol. The maximum absolute atomic E-state index is 13.2. The van der Waals surface area contributed by atoms with Crippen molar-refractivity contribution >= 4 is 22.6 Å². The topological polar surface area (TPSA) is 59.1 Å². The van der Waals surface area contributed by atoms with Gasteiger partial charge in [-0.1, -0.05) is 42.5 Å². The Balaban J connectivity index is 1.09. The number of fused-ring (bicyclic) bond motifs is 2. The standard InChI is InChI=1S/C26H24N2O4/c29-25(20-7-3-5-17-4-1-2-6-19(17)20)27-10-12-28(13-11-27)26(30)22-15-21(22)18-8-9-23-24(14-18)32-16-31-23/h1-9,14,21-22H,10-13,15-16H2. The maximum atomic E-state index is 13.2. The molecule has 3 aliphatic rings. The van der Waals surface area contributed by atoms with E-state index in [4.69, 9.17) is 9.47 Å². The normalized spacial score (nSPS) is 21.6. The van der Waals surface area contributed by atoms with Crippen molar-refractivity contribution in [3.05, 3.63) is 71.8 Å². The van der Waals surface area contributed by atoms with Crippen molar-refractivity contribution in [2.75, 3.05) is 33.0 Å². The van der Waals surface area contributed by atoms with Gasteiger partial charge in [0.15, 0.2) is 11.5 Å². The fraction of sp³-hybridized carbons (Fsp3) is 0.308. The van der Waals surface area contributed by atoms with E-state index in [-0.39, 0.29) is 30.4 Å². The van der Waals surface area contributed by atoms with Gasteiger partial charge in [0.25, 0.3) is 5.91 Å². The first kappa shape index (κ1) is 19.2. The zero-order valence-electron chi connectivity index (χ0n) is 17.7. The Morgan fingerprint density at radius 3 is 2.44 bits per heavy atom. The van der Waals surface area contributed by atoms with Crippen molar-refractivity contribution in [2.24, 2.45) is 5.92 Å². The molecule has 2 atom stereocenters. The molecular formula is C26H24N2O4. The van der Waals surface area contributed by atoms with Gasteiger partial charge in [0.2, 0.25) is 12.7 Å². The van der Waals surface area contributed by atoms with Crippen LogP contribution in [-0.4, -0.2) is 54.6 Å². The molecule has 2 heterocycles. The molecule has 162 valence electrons. The van der Waals surface area contributed by atoms with Crippen molar-refractivity contribution in [3.63, 3.8) is 0 Å². The van der Waals surface area contributed by atoms with Gasteiger partial charge >= 0.3 is 0 Å². The molecule has 1 saturated carbocycles.